The van der Waals surface area contributed by atoms with Crippen molar-refractivity contribution in [1.82, 2.24) is 0 Å². The number of nitrogens with one attached hydrogen (secondary N) is 1. The van der Waals surface area contributed by atoms with Crippen LogP contribution in [0.4, 0.5) is 5.69 Å². The Morgan fingerprint density at radius 2 is 1.77 bits per heavy atom. The van der Waals surface area contributed by atoms with E-state index in [-0.39, 0.29) is 12.2 Å². The minimum Gasteiger partial charge on any atom is -0.488 e. The lowest BCUT2D eigenvalue weighted by Crippen LogP contribution is -2.21. The van der Waals surface area contributed by atoms with Crippen LogP contribution < -0.4 is 10.1 Å². The second kappa shape index (κ2) is 10.1. The first-order chi connectivity index (χ1) is 14.5. The maximum absolute atomic E-state index is 12.4. The summed E-state index contributed by atoms with van der Waals surface area (Å²) in [4.78, 5) is 24.5. The zero-order valence-electron chi connectivity index (χ0n) is 15.8. The van der Waals surface area contributed by atoms with E-state index in [1.807, 2.05) is 18.2 Å². The molecule has 0 radical (unpaired) electrons. The number of hydrogen-bond donors (Lipinski definition) is 1. The van der Waals surface area contributed by atoms with E-state index >= 15 is 0 Å². The number of anilines is 1. The molecule has 0 fully saturated rings. The molecule has 30 heavy (non-hydrogen) atoms. The van der Waals surface area contributed by atoms with E-state index < -0.39 is 18.5 Å². The Morgan fingerprint density at radius 1 is 1.00 bits per heavy atom. The van der Waals surface area contributed by atoms with Gasteiger partial charge in [0.2, 0.25) is 0 Å². The van der Waals surface area contributed by atoms with E-state index in [1.165, 1.54) is 6.07 Å². The predicted octanol–water partition coefficient (Wildman–Crippen LogP) is 4.59. The van der Waals surface area contributed by atoms with Crippen LogP contribution in [-0.2, 0) is 16.1 Å². The van der Waals surface area contributed by atoms with Crippen molar-refractivity contribution in [1.29, 1.82) is 5.26 Å². The first kappa shape index (κ1) is 20.9. The van der Waals surface area contributed by atoms with E-state index in [0.717, 1.165) is 5.56 Å². The van der Waals surface area contributed by atoms with Gasteiger partial charge in [0.25, 0.3) is 5.91 Å². The lowest BCUT2D eigenvalue weighted by molar-refractivity contribution is -0.119. The first-order valence-corrected chi connectivity index (χ1v) is 9.36. The van der Waals surface area contributed by atoms with Crippen LogP contribution in [0.15, 0.2) is 72.8 Å². The summed E-state index contributed by atoms with van der Waals surface area (Å²) in [5.41, 5.74) is 1.96. The first-order valence-electron chi connectivity index (χ1n) is 8.98. The van der Waals surface area contributed by atoms with Crippen molar-refractivity contribution in [3.63, 3.8) is 0 Å². The molecule has 0 atom stereocenters. The average Bonchev–Trinajstić information content (AvgIpc) is 2.77. The molecule has 150 valence electrons. The van der Waals surface area contributed by atoms with E-state index in [0.29, 0.717) is 22.0 Å². The van der Waals surface area contributed by atoms with Crippen molar-refractivity contribution < 1.29 is 19.1 Å². The molecule has 6 nitrogen and oxygen atoms in total. The highest BCUT2D eigenvalue weighted by Crippen LogP contribution is 2.21. The van der Waals surface area contributed by atoms with Crippen LogP contribution in [0.2, 0.25) is 5.02 Å². The molecule has 0 aliphatic rings. The number of para-hydroxylation sites is 1. The van der Waals surface area contributed by atoms with Gasteiger partial charge in [-0.15, -0.1) is 0 Å². The van der Waals surface area contributed by atoms with Crippen molar-refractivity contribution >= 4 is 29.2 Å². The number of carbonyl (C=O) groups excluding carboxylic acids is 2. The zero-order valence-corrected chi connectivity index (χ0v) is 16.6. The maximum Gasteiger partial charge on any atom is 0.342 e. The normalized spacial score (nSPS) is 10.0. The van der Waals surface area contributed by atoms with Gasteiger partial charge in [0.05, 0.1) is 11.6 Å². The number of esters is 1. The summed E-state index contributed by atoms with van der Waals surface area (Å²) in [7, 11) is 0. The fourth-order valence-corrected chi connectivity index (χ4v) is 2.70. The predicted molar refractivity (Wildman–Crippen MR) is 112 cm³/mol. The Hall–Kier alpha value is -3.82. The third kappa shape index (κ3) is 5.84. The number of rotatable bonds is 7. The number of nitrogens with zero attached hydrogens (tertiary/aromatic N) is 1. The zero-order chi connectivity index (χ0) is 21.3. The Labute approximate surface area is 178 Å². The Morgan fingerprint density at radius 3 is 2.53 bits per heavy atom. The molecule has 1 N–H and O–H groups in total. The number of hydrogen-bond acceptors (Lipinski definition) is 5. The van der Waals surface area contributed by atoms with Gasteiger partial charge in [0.15, 0.2) is 6.61 Å². The second-order valence-electron chi connectivity index (χ2n) is 6.23. The smallest absolute Gasteiger partial charge is 0.342 e. The molecule has 0 heterocycles. The van der Waals surface area contributed by atoms with Gasteiger partial charge < -0.3 is 14.8 Å². The minimum atomic E-state index is -0.678. The fraction of sp³-hybridized carbons (Fsp3) is 0.0870. The molecule has 1 amide bonds. The van der Waals surface area contributed by atoms with Crippen LogP contribution in [0, 0.1) is 11.3 Å². The van der Waals surface area contributed by atoms with Crippen molar-refractivity contribution in [3.05, 3.63) is 94.5 Å². The van der Waals surface area contributed by atoms with Gasteiger partial charge in [-0.3, -0.25) is 4.79 Å². The Kier molecular flexibility index (Phi) is 7.04. The Bertz CT molecular complexity index is 1090. The summed E-state index contributed by atoms with van der Waals surface area (Å²) in [6.07, 6.45) is 0. The highest BCUT2D eigenvalue weighted by molar-refractivity contribution is 6.30. The number of amides is 1. The van der Waals surface area contributed by atoms with Gasteiger partial charge in [0, 0.05) is 10.7 Å². The van der Waals surface area contributed by atoms with Gasteiger partial charge in [-0.2, -0.15) is 5.26 Å². The van der Waals surface area contributed by atoms with Crippen molar-refractivity contribution in [2.24, 2.45) is 0 Å². The largest absolute Gasteiger partial charge is 0.488 e. The third-order valence-corrected chi connectivity index (χ3v) is 4.28. The second-order valence-corrected chi connectivity index (χ2v) is 6.66. The molecule has 0 saturated heterocycles. The third-order valence-electron chi connectivity index (χ3n) is 4.02. The van der Waals surface area contributed by atoms with Crippen LogP contribution >= 0.6 is 11.6 Å². The molecular formula is C23H17ClN2O4. The van der Waals surface area contributed by atoms with E-state index in [2.05, 4.69) is 5.32 Å². The number of halogens is 1. The lowest BCUT2D eigenvalue weighted by atomic mass is 10.2. The Balaban J connectivity index is 1.58. The average molecular weight is 421 g/mol. The lowest BCUT2D eigenvalue weighted by Gasteiger charge is -2.11. The summed E-state index contributed by atoms with van der Waals surface area (Å²) >= 11 is 5.87. The van der Waals surface area contributed by atoms with Crippen LogP contribution in [0.5, 0.6) is 5.75 Å². The molecule has 3 aromatic carbocycles. The molecule has 0 aliphatic carbocycles. The molecule has 3 aromatic rings. The number of nitriles is 1. The molecule has 3 rings (SSSR count). The van der Waals surface area contributed by atoms with Gasteiger partial charge in [0.1, 0.15) is 17.9 Å². The van der Waals surface area contributed by atoms with E-state index in [4.69, 9.17) is 26.3 Å². The van der Waals surface area contributed by atoms with Crippen LogP contribution in [0.25, 0.3) is 0 Å². The van der Waals surface area contributed by atoms with Crippen molar-refractivity contribution in [2.75, 3.05) is 11.9 Å². The number of benzene rings is 3. The molecule has 0 unspecified atom stereocenters. The minimum absolute atomic E-state index is 0.214. The number of carbonyl (C=O) groups is 2. The van der Waals surface area contributed by atoms with Gasteiger partial charge in [-0.05, 0) is 48.0 Å². The summed E-state index contributed by atoms with van der Waals surface area (Å²) < 4.78 is 10.9. The van der Waals surface area contributed by atoms with E-state index in [9.17, 15) is 9.59 Å². The topological polar surface area (TPSA) is 88.4 Å². The van der Waals surface area contributed by atoms with Crippen LogP contribution in [0.3, 0.4) is 0 Å². The number of ether oxygens (including phenoxy) is 2. The van der Waals surface area contributed by atoms with E-state index in [1.54, 1.807) is 54.6 Å². The quantitative estimate of drug-likeness (QED) is 0.565. The van der Waals surface area contributed by atoms with Crippen LogP contribution in [-0.4, -0.2) is 18.5 Å². The van der Waals surface area contributed by atoms with Crippen molar-refractivity contribution in [2.45, 2.75) is 6.61 Å². The monoisotopic (exact) mass is 420 g/mol. The molecule has 0 aromatic heterocycles. The molecule has 0 saturated carbocycles. The van der Waals surface area contributed by atoms with Gasteiger partial charge in [-0.1, -0.05) is 41.9 Å². The highest BCUT2D eigenvalue weighted by atomic mass is 35.5. The molecule has 0 bridgehead atoms. The maximum atomic E-state index is 12.4. The molecule has 0 aliphatic heterocycles. The van der Waals surface area contributed by atoms with Crippen molar-refractivity contribution in [3.8, 4) is 11.8 Å². The summed E-state index contributed by atoms with van der Waals surface area (Å²) in [6.45, 7) is -0.224. The highest BCUT2D eigenvalue weighted by Gasteiger charge is 2.15. The molecule has 7 heteroatoms. The summed E-state index contributed by atoms with van der Waals surface area (Å²) in [5.74, 6) is -0.847. The SMILES string of the molecule is N#Cc1cccc(NC(=O)COC(=O)c2ccccc2OCc2ccc(Cl)cc2)c1. The standard InChI is InChI=1S/C23H17ClN2O4/c24-18-10-8-16(9-11-18)14-29-21-7-2-1-6-20(21)23(28)30-15-22(27)26-19-5-3-4-17(12-19)13-25/h1-12H,14-15H2,(H,26,27). The summed E-state index contributed by atoms with van der Waals surface area (Å²) in [5, 5.41) is 12.1. The molecule has 0 spiro atoms. The van der Waals surface area contributed by atoms with Crippen LogP contribution in [0.1, 0.15) is 21.5 Å². The summed E-state index contributed by atoms with van der Waals surface area (Å²) in [6, 6.07) is 22.2. The molecular weight excluding hydrogens is 404 g/mol. The van der Waals surface area contributed by atoms with Gasteiger partial charge >= 0.3 is 5.97 Å². The fourth-order valence-electron chi connectivity index (χ4n) is 2.58. The van der Waals surface area contributed by atoms with Gasteiger partial charge in [-0.25, -0.2) is 4.79 Å².